The lowest BCUT2D eigenvalue weighted by Crippen LogP contribution is -1.88. The van der Waals surface area contributed by atoms with Gasteiger partial charge in [-0.1, -0.05) is 0 Å². The van der Waals surface area contributed by atoms with Crippen molar-refractivity contribution in [2.24, 2.45) is 0 Å². The predicted octanol–water partition coefficient (Wildman–Crippen LogP) is 3.07. The number of pyridine rings is 1. The number of halogens is 1. The third-order valence-corrected chi connectivity index (χ3v) is 2.29. The summed E-state index contributed by atoms with van der Waals surface area (Å²) in [5.41, 5.74) is 2.77. The lowest BCUT2D eigenvalue weighted by molar-refractivity contribution is 0.628. The third-order valence-electron chi connectivity index (χ3n) is 2.29. The van der Waals surface area contributed by atoms with Crippen LogP contribution in [-0.2, 0) is 0 Å². The van der Waals surface area contributed by atoms with Crippen LogP contribution in [0.4, 0.5) is 4.39 Å². The Balaban J connectivity index is 2.64. The molecule has 2 nitrogen and oxygen atoms in total. The molecule has 2 aromatic rings. The molecule has 0 amide bonds. The van der Waals surface area contributed by atoms with Crippen LogP contribution < -0.4 is 0 Å². The van der Waals surface area contributed by atoms with Gasteiger partial charge in [-0.25, -0.2) is 4.39 Å². The Labute approximate surface area is 93.0 Å². The lowest BCUT2D eigenvalue weighted by atomic mass is 10.0. The van der Waals surface area contributed by atoms with Crippen LogP contribution >= 0.6 is 0 Å². The van der Waals surface area contributed by atoms with Crippen molar-refractivity contribution in [1.29, 1.82) is 5.26 Å². The average molecular weight is 212 g/mol. The molecule has 0 spiro atoms. The van der Waals surface area contributed by atoms with Gasteiger partial charge in [0.15, 0.2) is 0 Å². The van der Waals surface area contributed by atoms with Crippen LogP contribution in [0.1, 0.15) is 11.1 Å². The van der Waals surface area contributed by atoms with Crippen molar-refractivity contribution in [1.82, 2.24) is 4.98 Å². The van der Waals surface area contributed by atoms with E-state index < -0.39 is 0 Å². The molecule has 3 heteroatoms. The molecule has 0 aliphatic rings. The first-order valence-corrected chi connectivity index (χ1v) is 4.82. The van der Waals surface area contributed by atoms with Crippen molar-refractivity contribution in [3.8, 4) is 17.2 Å². The largest absolute Gasteiger partial charge is 0.264 e. The van der Waals surface area contributed by atoms with Gasteiger partial charge in [0.05, 0.1) is 11.6 Å². The molecule has 0 radical (unpaired) electrons. The van der Waals surface area contributed by atoms with Gasteiger partial charge in [0.25, 0.3) is 0 Å². The zero-order valence-electron chi connectivity index (χ0n) is 8.74. The molecule has 0 saturated heterocycles. The van der Waals surface area contributed by atoms with E-state index in [0.29, 0.717) is 11.1 Å². The van der Waals surface area contributed by atoms with E-state index in [1.807, 2.05) is 19.1 Å². The number of nitrogens with zero attached hydrogens (tertiary/aromatic N) is 2. The Morgan fingerprint density at radius 1 is 1.25 bits per heavy atom. The van der Waals surface area contributed by atoms with Gasteiger partial charge < -0.3 is 0 Å². The van der Waals surface area contributed by atoms with E-state index in [4.69, 9.17) is 5.26 Å². The number of aromatic nitrogens is 1. The highest BCUT2D eigenvalue weighted by molar-refractivity contribution is 5.70. The topological polar surface area (TPSA) is 36.7 Å². The summed E-state index contributed by atoms with van der Waals surface area (Å²) < 4.78 is 13.1. The van der Waals surface area contributed by atoms with E-state index in [2.05, 4.69) is 4.98 Å². The Hall–Kier alpha value is -2.21. The van der Waals surface area contributed by atoms with Gasteiger partial charge in [-0.3, -0.25) is 4.98 Å². The second kappa shape index (κ2) is 4.11. The van der Waals surface area contributed by atoms with Crippen LogP contribution in [0.5, 0.6) is 0 Å². The summed E-state index contributed by atoms with van der Waals surface area (Å²) in [5.74, 6) is -0.351. The van der Waals surface area contributed by atoms with Gasteiger partial charge >= 0.3 is 0 Å². The first-order chi connectivity index (χ1) is 7.70. The molecule has 2 rings (SSSR count). The molecule has 0 aliphatic heterocycles. The number of hydrogen-bond donors (Lipinski definition) is 0. The molecular weight excluding hydrogens is 203 g/mol. The van der Waals surface area contributed by atoms with Gasteiger partial charge in [0.2, 0.25) is 0 Å². The van der Waals surface area contributed by atoms with E-state index in [1.165, 1.54) is 18.2 Å². The van der Waals surface area contributed by atoms with Crippen molar-refractivity contribution >= 4 is 0 Å². The Bertz CT molecular complexity index is 570. The van der Waals surface area contributed by atoms with Crippen LogP contribution in [-0.4, -0.2) is 4.98 Å². The molecule has 0 saturated carbocycles. The minimum absolute atomic E-state index is 0.351. The Kier molecular flexibility index (Phi) is 2.65. The zero-order chi connectivity index (χ0) is 11.5. The van der Waals surface area contributed by atoms with E-state index in [0.717, 1.165) is 11.1 Å². The third kappa shape index (κ3) is 1.91. The first kappa shape index (κ1) is 10.3. The minimum atomic E-state index is -0.351. The van der Waals surface area contributed by atoms with Crippen LogP contribution in [0.3, 0.4) is 0 Å². The van der Waals surface area contributed by atoms with E-state index in [1.54, 1.807) is 12.4 Å². The summed E-state index contributed by atoms with van der Waals surface area (Å²) in [5, 5.41) is 8.95. The van der Waals surface area contributed by atoms with Crippen molar-refractivity contribution < 1.29 is 4.39 Å². The fourth-order valence-electron chi connectivity index (χ4n) is 1.56. The monoisotopic (exact) mass is 212 g/mol. The maximum Gasteiger partial charge on any atom is 0.123 e. The summed E-state index contributed by atoms with van der Waals surface area (Å²) in [6.07, 6.45) is 3.34. The highest BCUT2D eigenvalue weighted by atomic mass is 19.1. The summed E-state index contributed by atoms with van der Waals surface area (Å²) in [7, 11) is 0. The fraction of sp³-hybridized carbons (Fsp3) is 0.0769. The van der Waals surface area contributed by atoms with Gasteiger partial charge in [-0.2, -0.15) is 5.26 Å². The molecule has 0 aliphatic carbocycles. The fourth-order valence-corrected chi connectivity index (χ4v) is 1.56. The standard InChI is InChI=1S/C13H9FN2/c1-9-4-11(8-16-7-9)13-5-12(14)3-2-10(13)6-15/h2-5,7-8H,1H3. The molecule has 1 aromatic heterocycles. The van der Waals surface area contributed by atoms with Crippen molar-refractivity contribution in [2.75, 3.05) is 0 Å². The maximum absolute atomic E-state index is 13.1. The first-order valence-electron chi connectivity index (χ1n) is 4.82. The number of aryl methyl sites for hydroxylation is 1. The number of benzene rings is 1. The molecule has 0 bridgehead atoms. The minimum Gasteiger partial charge on any atom is -0.264 e. The van der Waals surface area contributed by atoms with Crippen LogP contribution in [0.25, 0.3) is 11.1 Å². The highest BCUT2D eigenvalue weighted by Crippen LogP contribution is 2.24. The average Bonchev–Trinajstić information content (AvgIpc) is 2.29. The lowest BCUT2D eigenvalue weighted by Gasteiger charge is -2.04. The number of hydrogen-bond acceptors (Lipinski definition) is 2. The molecular formula is C13H9FN2. The summed E-state index contributed by atoms with van der Waals surface area (Å²) in [6, 6.07) is 8.04. The quantitative estimate of drug-likeness (QED) is 0.728. The molecule has 0 fully saturated rings. The van der Waals surface area contributed by atoms with Gasteiger partial charge in [-0.05, 0) is 36.8 Å². The summed E-state index contributed by atoms with van der Waals surface area (Å²) in [4.78, 5) is 4.03. The SMILES string of the molecule is Cc1cncc(-c2cc(F)ccc2C#N)c1. The Morgan fingerprint density at radius 3 is 2.75 bits per heavy atom. The normalized spacial score (nSPS) is 9.81. The van der Waals surface area contributed by atoms with Crippen LogP contribution in [0.2, 0.25) is 0 Å². The summed E-state index contributed by atoms with van der Waals surface area (Å²) >= 11 is 0. The second-order valence-corrected chi connectivity index (χ2v) is 3.55. The van der Waals surface area contributed by atoms with E-state index in [-0.39, 0.29) is 5.82 Å². The molecule has 16 heavy (non-hydrogen) atoms. The molecule has 1 heterocycles. The van der Waals surface area contributed by atoms with E-state index in [9.17, 15) is 4.39 Å². The molecule has 0 N–H and O–H groups in total. The van der Waals surface area contributed by atoms with Gasteiger partial charge in [-0.15, -0.1) is 0 Å². The molecule has 78 valence electrons. The van der Waals surface area contributed by atoms with Crippen LogP contribution in [0.15, 0.2) is 36.7 Å². The van der Waals surface area contributed by atoms with E-state index >= 15 is 0 Å². The second-order valence-electron chi connectivity index (χ2n) is 3.55. The summed E-state index contributed by atoms with van der Waals surface area (Å²) in [6.45, 7) is 1.90. The number of nitriles is 1. The molecule has 1 aromatic carbocycles. The molecule has 0 unspecified atom stereocenters. The smallest absolute Gasteiger partial charge is 0.123 e. The van der Waals surface area contributed by atoms with Gasteiger partial charge in [0.1, 0.15) is 5.82 Å². The Morgan fingerprint density at radius 2 is 2.06 bits per heavy atom. The van der Waals surface area contributed by atoms with Crippen molar-refractivity contribution in [2.45, 2.75) is 6.92 Å². The highest BCUT2D eigenvalue weighted by Gasteiger charge is 2.06. The van der Waals surface area contributed by atoms with Crippen molar-refractivity contribution in [3.63, 3.8) is 0 Å². The molecule has 0 atom stereocenters. The van der Waals surface area contributed by atoms with Crippen molar-refractivity contribution in [3.05, 3.63) is 53.6 Å². The zero-order valence-corrected chi connectivity index (χ0v) is 8.74. The maximum atomic E-state index is 13.1. The van der Waals surface area contributed by atoms with Gasteiger partial charge in [0, 0.05) is 23.5 Å². The van der Waals surface area contributed by atoms with Crippen LogP contribution in [0, 0.1) is 24.1 Å². The number of rotatable bonds is 1. The predicted molar refractivity (Wildman–Crippen MR) is 59.1 cm³/mol.